The number of piperidine rings is 1. The van der Waals surface area contributed by atoms with E-state index in [4.69, 9.17) is 5.73 Å². The number of aromatic nitrogens is 4. The van der Waals surface area contributed by atoms with Crippen molar-refractivity contribution in [1.29, 1.82) is 0 Å². The molecule has 1 saturated heterocycles. The van der Waals surface area contributed by atoms with Gasteiger partial charge in [-0.3, -0.25) is 0 Å². The fourth-order valence-electron chi connectivity index (χ4n) is 3.25. The SMILES string of the molecule is CC1CCN(c2ncc(N)s2)CC1CNc1ncnc2[nH]ccc12. The number of H-pyrrole nitrogens is 1. The average molecular weight is 343 g/mol. The number of nitrogens with one attached hydrogen (secondary N) is 2. The van der Waals surface area contributed by atoms with Crippen LogP contribution in [0.2, 0.25) is 0 Å². The van der Waals surface area contributed by atoms with Gasteiger partial charge >= 0.3 is 0 Å². The second kappa shape index (κ2) is 6.27. The van der Waals surface area contributed by atoms with E-state index in [9.17, 15) is 0 Å². The molecule has 126 valence electrons. The van der Waals surface area contributed by atoms with Gasteiger partial charge in [-0.1, -0.05) is 18.3 Å². The van der Waals surface area contributed by atoms with Gasteiger partial charge in [-0.15, -0.1) is 0 Å². The van der Waals surface area contributed by atoms with E-state index >= 15 is 0 Å². The molecule has 1 aliphatic heterocycles. The van der Waals surface area contributed by atoms with Crippen molar-refractivity contribution in [2.24, 2.45) is 11.8 Å². The highest BCUT2D eigenvalue weighted by Crippen LogP contribution is 2.31. The molecule has 24 heavy (non-hydrogen) atoms. The Morgan fingerprint density at radius 1 is 1.42 bits per heavy atom. The van der Waals surface area contributed by atoms with Crippen LogP contribution < -0.4 is 16.0 Å². The lowest BCUT2D eigenvalue weighted by Gasteiger charge is -2.37. The molecule has 0 radical (unpaired) electrons. The summed E-state index contributed by atoms with van der Waals surface area (Å²) in [4.78, 5) is 18.5. The molecule has 4 N–H and O–H groups in total. The number of rotatable bonds is 4. The molecule has 2 atom stereocenters. The summed E-state index contributed by atoms with van der Waals surface area (Å²) in [7, 11) is 0. The first-order chi connectivity index (χ1) is 11.7. The van der Waals surface area contributed by atoms with E-state index in [-0.39, 0.29) is 0 Å². The van der Waals surface area contributed by atoms with Crippen LogP contribution in [-0.4, -0.2) is 39.6 Å². The van der Waals surface area contributed by atoms with E-state index < -0.39 is 0 Å². The maximum atomic E-state index is 5.82. The normalized spacial score (nSPS) is 21.3. The second-order valence-corrected chi connectivity index (χ2v) is 7.40. The third-order valence-electron chi connectivity index (χ3n) is 4.78. The maximum Gasteiger partial charge on any atom is 0.187 e. The van der Waals surface area contributed by atoms with Gasteiger partial charge in [0.25, 0.3) is 0 Å². The van der Waals surface area contributed by atoms with Gasteiger partial charge in [0.1, 0.15) is 22.8 Å². The fourth-order valence-corrected chi connectivity index (χ4v) is 3.97. The highest BCUT2D eigenvalue weighted by atomic mass is 32.1. The molecule has 2 unspecified atom stereocenters. The zero-order valence-corrected chi connectivity index (χ0v) is 14.4. The lowest BCUT2D eigenvalue weighted by Crippen LogP contribution is -2.42. The third kappa shape index (κ3) is 2.89. The van der Waals surface area contributed by atoms with E-state index in [0.29, 0.717) is 11.8 Å². The van der Waals surface area contributed by atoms with Crippen molar-refractivity contribution in [2.75, 3.05) is 35.6 Å². The summed E-state index contributed by atoms with van der Waals surface area (Å²) in [6, 6.07) is 2.01. The lowest BCUT2D eigenvalue weighted by molar-refractivity contribution is 0.314. The van der Waals surface area contributed by atoms with Crippen molar-refractivity contribution >= 4 is 38.3 Å². The summed E-state index contributed by atoms with van der Waals surface area (Å²) < 4.78 is 0. The molecule has 3 aromatic heterocycles. The first kappa shape index (κ1) is 15.2. The Morgan fingerprint density at radius 2 is 2.33 bits per heavy atom. The molecule has 8 heteroatoms. The quantitative estimate of drug-likeness (QED) is 0.674. The molecule has 0 bridgehead atoms. The van der Waals surface area contributed by atoms with Crippen LogP contribution in [0.15, 0.2) is 24.8 Å². The van der Waals surface area contributed by atoms with Crippen molar-refractivity contribution in [3.8, 4) is 0 Å². The predicted octanol–water partition coefficient (Wildman–Crippen LogP) is 2.57. The summed E-state index contributed by atoms with van der Waals surface area (Å²) in [6.07, 6.45) is 6.39. The lowest BCUT2D eigenvalue weighted by atomic mass is 9.87. The van der Waals surface area contributed by atoms with Crippen molar-refractivity contribution in [3.63, 3.8) is 0 Å². The van der Waals surface area contributed by atoms with Crippen LogP contribution in [0.3, 0.4) is 0 Å². The molecule has 0 saturated carbocycles. The highest BCUT2D eigenvalue weighted by molar-refractivity contribution is 7.19. The summed E-state index contributed by atoms with van der Waals surface area (Å²) in [5, 5.41) is 6.34. The summed E-state index contributed by atoms with van der Waals surface area (Å²) >= 11 is 1.56. The topological polar surface area (TPSA) is 95.8 Å². The summed E-state index contributed by atoms with van der Waals surface area (Å²) in [5.74, 6) is 2.09. The first-order valence-electron chi connectivity index (χ1n) is 8.19. The van der Waals surface area contributed by atoms with Crippen LogP contribution >= 0.6 is 11.3 Å². The molecule has 0 aliphatic carbocycles. The zero-order valence-electron chi connectivity index (χ0n) is 13.6. The van der Waals surface area contributed by atoms with Crippen LogP contribution in [0.1, 0.15) is 13.3 Å². The van der Waals surface area contributed by atoms with Gasteiger partial charge in [-0.05, 0) is 24.3 Å². The van der Waals surface area contributed by atoms with Gasteiger partial charge in [0.15, 0.2) is 5.13 Å². The number of nitrogen functional groups attached to an aromatic ring is 1. The molecule has 4 rings (SSSR count). The molecule has 1 fully saturated rings. The van der Waals surface area contributed by atoms with E-state index in [1.807, 2.05) is 12.3 Å². The minimum absolute atomic E-state index is 0.535. The molecule has 1 aliphatic rings. The van der Waals surface area contributed by atoms with Crippen LogP contribution in [-0.2, 0) is 0 Å². The number of fused-ring (bicyclic) bond motifs is 1. The monoisotopic (exact) mass is 343 g/mol. The summed E-state index contributed by atoms with van der Waals surface area (Å²) in [5.41, 5.74) is 6.69. The Morgan fingerprint density at radius 3 is 3.17 bits per heavy atom. The Balaban J connectivity index is 1.45. The van der Waals surface area contributed by atoms with Crippen LogP contribution in [0.4, 0.5) is 16.0 Å². The Labute approximate surface area is 144 Å². The van der Waals surface area contributed by atoms with Crippen LogP contribution in [0.25, 0.3) is 11.0 Å². The summed E-state index contributed by atoms with van der Waals surface area (Å²) in [6.45, 7) is 5.24. The minimum Gasteiger partial charge on any atom is -0.389 e. The van der Waals surface area contributed by atoms with Crippen molar-refractivity contribution in [1.82, 2.24) is 19.9 Å². The number of nitrogens with two attached hydrogens (primary N) is 1. The third-order valence-corrected chi connectivity index (χ3v) is 5.67. The van der Waals surface area contributed by atoms with Gasteiger partial charge in [-0.2, -0.15) is 0 Å². The van der Waals surface area contributed by atoms with E-state index in [1.54, 1.807) is 23.9 Å². The smallest absolute Gasteiger partial charge is 0.187 e. The minimum atomic E-state index is 0.535. The molecule has 4 heterocycles. The van der Waals surface area contributed by atoms with E-state index in [1.165, 1.54) is 0 Å². The highest BCUT2D eigenvalue weighted by Gasteiger charge is 2.27. The van der Waals surface area contributed by atoms with Gasteiger partial charge in [0.05, 0.1) is 11.6 Å². The molecule has 0 amide bonds. The number of anilines is 3. The fraction of sp³-hybridized carbons (Fsp3) is 0.438. The average Bonchev–Trinajstić information content (AvgIpc) is 3.23. The standard InChI is InChI=1S/C16H21N7S/c1-10-3-5-23(16-20-7-13(17)24-16)8-11(10)6-19-15-12-2-4-18-14(12)21-9-22-15/h2,4,7,9-11H,3,5-6,8,17H2,1H3,(H2,18,19,21,22). The largest absolute Gasteiger partial charge is 0.389 e. The van der Waals surface area contributed by atoms with Gasteiger partial charge in [-0.25, -0.2) is 15.0 Å². The Hall–Kier alpha value is -2.35. The van der Waals surface area contributed by atoms with Crippen molar-refractivity contribution < 1.29 is 0 Å². The number of nitrogens with zero attached hydrogens (tertiary/aromatic N) is 4. The van der Waals surface area contributed by atoms with Crippen LogP contribution in [0.5, 0.6) is 0 Å². The Bertz CT molecular complexity index is 827. The number of hydrogen-bond acceptors (Lipinski definition) is 7. The molecule has 3 aromatic rings. The van der Waals surface area contributed by atoms with Crippen molar-refractivity contribution in [2.45, 2.75) is 13.3 Å². The van der Waals surface area contributed by atoms with Gasteiger partial charge < -0.3 is 20.9 Å². The molecule has 0 spiro atoms. The molecular weight excluding hydrogens is 322 g/mol. The molecule has 7 nitrogen and oxygen atoms in total. The number of hydrogen-bond donors (Lipinski definition) is 3. The number of thiazole rings is 1. The van der Waals surface area contributed by atoms with Gasteiger partial charge in [0, 0.05) is 25.8 Å². The maximum absolute atomic E-state index is 5.82. The Kier molecular flexibility index (Phi) is 3.97. The second-order valence-electron chi connectivity index (χ2n) is 6.36. The van der Waals surface area contributed by atoms with Crippen LogP contribution in [0, 0.1) is 11.8 Å². The van der Waals surface area contributed by atoms with Gasteiger partial charge in [0.2, 0.25) is 0 Å². The first-order valence-corrected chi connectivity index (χ1v) is 9.00. The van der Waals surface area contributed by atoms with E-state index in [2.05, 4.69) is 37.1 Å². The number of aromatic amines is 1. The predicted molar refractivity (Wildman–Crippen MR) is 98.4 cm³/mol. The zero-order chi connectivity index (χ0) is 16.5. The molecular formula is C16H21N7S. The van der Waals surface area contributed by atoms with E-state index in [0.717, 1.165) is 53.0 Å². The molecule has 0 aromatic carbocycles. The van der Waals surface area contributed by atoms with Crippen molar-refractivity contribution in [3.05, 3.63) is 24.8 Å².